The number of aliphatic hydroxyl groups is 1. The van der Waals surface area contributed by atoms with Crippen LogP contribution in [0.5, 0.6) is 0 Å². The van der Waals surface area contributed by atoms with Crippen LogP contribution >= 0.6 is 8.03 Å². The summed E-state index contributed by atoms with van der Waals surface area (Å²) >= 11 is 0. The summed E-state index contributed by atoms with van der Waals surface area (Å²) in [6, 6.07) is 0. The Morgan fingerprint density at radius 2 is 2.00 bits per heavy atom. The van der Waals surface area contributed by atoms with Gasteiger partial charge in [0, 0.05) is 6.42 Å². The number of carboxylic acid groups (broad SMARTS) is 1. The van der Waals surface area contributed by atoms with Gasteiger partial charge in [0.05, 0.1) is 0 Å². The smallest absolute Gasteiger partial charge is 0.375 e. The van der Waals surface area contributed by atoms with Crippen molar-refractivity contribution in [1.82, 2.24) is 0 Å². The first-order chi connectivity index (χ1) is 5.00. The number of hydrogen-bond donors (Lipinski definition) is 2. The third kappa shape index (κ3) is 2.65. The Kier molecular flexibility index (Phi) is 3.71. The molecule has 0 aliphatic carbocycles. The first-order valence-electron chi connectivity index (χ1n) is 2.80. The first-order valence-corrected chi connectivity index (χ1v) is 3.98. The van der Waals surface area contributed by atoms with E-state index in [1.165, 1.54) is 6.92 Å². The van der Waals surface area contributed by atoms with Gasteiger partial charge in [-0.2, -0.15) is 0 Å². The fourth-order valence-corrected chi connectivity index (χ4v) is 1.03. The van der Waals surface area contributed by atoms with Crippen LogP contribution in [0, 0.1) is 0 Å². The topological polar surface area (TPSA) is 97.7 Å². The van der Waals surface area contributed by atoms with Crippen molar-refractivity contribution in [3.63, 3.8) is 0 Å². The zero-order valence-electron chi connectivity index (χ0n) is 5.77. The standard InChI is InChI=1S/C5H7O5P/c1-2-3(11(9)10)4(6)5(7)8/h6H,2H2,1H3,(H,7,8). The number of rotatable bonds is 3. The zero-order valence-corrected chi connectivity index (χ0v) is 6.67. The van der Waals surface area contributed by atoms with Gasteiger partial charge in [0.2, 0.25) is 5.31 Å². The lowest BCUT2D eigenvalue weighted by Crippen LogP contribution is -2.04. The Morgan fingerprint density at radius 1 is 1.55 bits per heavy atom. The summed E-state index contributed by atoms with van der Waals surface area (Å²) in [5.74, 6) is -2.72. The molecule has 62 valence electrons. The van der Waals surface area contributed by atoms with Gasteiger partial charge in [0.1, 0.15) is 0 Å². The lowest BCUT2D eigenvalue weighted by Gasteiger charge is -1.94. The molecular formula is C5H7O5P. The molecule has 0 bridgehead atoms. The van der Waals surface area contributed by atoms with Crippen molar-refractivity contribution < 1.29 is 24.5 Å². The quantitative estimate of drug-likeness (QED) is 0.369. The van der Waals surface area contributed by atoms with Crippen LogP contribution < -0.4 is 4.89 Å². The molecule has 0 spiro atoms. The van der Waals surface area contributed by atoms with Crippen LogP contribution in [-0.2, 0) is 9.36 Å². The summed E-state index contributed by atoms with van der Waals surface area (Å²) in [5, 5.41) is 16.4. The van der Waals surface area contributed by atoms with Crippen LogP contribution in [0.3, 0.4) is 0 Å². The van der Waals surface area contributed by atoms with E-state index in [1.807, 2.05) is 0 Å². The molecule has 0 aliphatic rings. The third-order valence-electron chi connectivity index (χ3n) is 1.03. The fraction of sp³-hybridized carbons (Fsp3) is 0.400. The van der Waals surface area contributed by atoms with E-state index in [-0.39, 0.29) is 6.42 Å². The highest BCUT2D eigenvalue weighted by Gasteiger charge is 2.21. The average Bonchev–Trinajstić information content (AvgIpc) is 1.88. The van der Waals surface area contributed by atoms with E-state index in [9.17, 15) is 14.3 Å². The largest absolute Gasteiger partial charge is 0.591 e. The van der Waals surface area contributed by atoms with Crippen molar-refractivity contribution in [3.05, 3.63) is 11.1 Å². The summed E-state index contributed by atoms with van der Waals surface area (Å²) in [5.41, 5.74) is 0. The molecule has 2 N–H and O–H groups in total. The summed E-state index contributed by atoms with van der Waals surface area (Å²) in [7, 11) is -2.99. The normalized spacial score (nSPS) is 13.8. The number of carboxylic acids is 1. The Morgan fingerprint density at radius 3 is 2.09 bits per heavy atom. The van der Waals surface area contributed by atoms with Gasteiger partial charge in [-0.15, -0.1) is 0 Å². The second-order valence-electron chi connectivity index (χ2n) is 1.71. The van der Waals surface area contributed by atoms with E-state index < -0.39 is 25.1 Å². The lowest BCUT2D eigenvalue weighted by molar-refractivity contribution is -0.162. The van der Waals surface area contributed by atoms with Crippen LogP contribution in [0.1, 0.15) is 13.3 Å². The monoisotopic (exact) mass is 178 g/mol. The molecule has 11 heavy (non-hydrogen) atoms. The Balaban J connectivity index is 4.83. The van der Waals surface area contributed by atoms with Crippen LogP contribution in [0.25, 0.3) is 0 Å². The van der Waals surface area contributed by atoms with Crippen molar-refractivity contribution in [2.45, 2.75) is 13.3 Å². The maximum absolute atomic E-state index is 10.2. The SMILES string of the molecule is CCC(=C(O)C(=O)O)[P+](=O)[O-]. The molecule has 6 heteroatoms. The van der Waals surface area contributed by atoms with Gasteiger partial charge >= 0.3 is 14.0 Å². The second kappa shape index (κ2) is 4.05. The maximum atomic E-state index is 10.2. The van der Waals surface area contributed by atoms with Crippen LogP contribution in [0.2, 0.25) is 0 Å². The predicted octanol–water partition coefficient (Wildman–Crippen LogP) is 0.353. The van der Waals surface area contributed by atoms with Gasteiger partial charge in [-0.3, -0.25) is 0 Å². The molecule has 0 radical (unpaired) electrons. The van der Waals surface area contributed by atoms with Gasteiger partial charge in [-0.1, -0.05) is 11.5 Å². The van der Waals surface area contributed by atoms with Gasteiger partial charge in [0.15, 0.2) is 0 Å². The lowest BCUT2D eigenvalue weighted by atomic mass is 10.4. The van der Waals surface area contributed by atoms with E-state index >= 15 is 0 Å². The summed E-state index contributed by atoms with van der Waals surface area (Å²) in [6.07, 6.45) is -0.0170. The van der Waals surface area contributed by atoms with Crippen molar-refractivity contribution in [2.75, 3.05) is 0 Å². The van der Waals surface area contributed by atoms with E-state index in [0.717, 1.165) is 0 Å². The molecule has 1 atom stereocenters. The molecule has 0 saturated carbocycles. The van der Waals surface area contributed by atoms with E-state index in [4.69, 9.17) is 10.2 Å². The first kappa shape index (κ1) is 10.1. The molecule has 0 aliphatic heterocycles. The van der Waals surface area contributed by atoms with Gasteiger partial charge in [-0.05, 0) is 0 Å². The minimum Gasteiger partial charge on any atom is -0.591 e. The van der Waals surface area contributed by atoms with Crippen LogP contribution in [-0.4, -0.2) is 16.2 Å². The number of aliphatic carboxylic acids is 1. The second-order valence-corrected chi connectivity index (χ2v) is 2.77. The van der Waals surface area contributed by atoms with Gasteiger partial charge in [0.25, 0.3) is 5.76 Å². The van der Waals surface area contributed by atoms with Crippen molar-refractivity contribution >= 4 is 14.0 Å². The highest BCUT2D eigenvalue weighted by Crippen LogP contribution is 2.27. The summed E-state index contributed by atoms with van der Waals surface area (Å²) < 4.78 is 10.2. The minimum absolute atomic E-state index is 0.0170. The molecule has 0 aromatic carbocycles. The van der Waals surface area contributed by atoms with E-state index in [1.54, 1.807) is 0 Å². The molecule has 0 saturated heterocycles. The minimum atomic E-state index is -2.99. The third-order valence-corrected chi connectivity index (χ3v) is 2.00. The molecular weight excluding hydrogens is 171 g/mol. The molecule has 5 nitrogen and oxygen atoms in total. The maximum Gasteiger partial charge on any atom is 0.375 e. The molecule has 0 fully saturated rings. The Hall–Kier alpha value is -0.930. The van der Waals surface area contributed by atoms with Crippen molar-refractivity contribution in [2.24, 2.45) is 0 Å². The highest BCUT2D eigenvalue weighted by atomic mass is 31.1. The number of carbonyl (C=O) groups is 1. The summed E-state index contributed by atoms with van der Waals surface area (Å²) in [6.45, 7) is 1.44. The van der Waals surface area contributed by atoms with Crippen LogP contribution in [0.15, 0.2) is 11.1 Å². The molecule has 0 aromatic rings. The zero-order chi connectivity index (χ0) is 9.02. The Labute approximate surface area is 63.8 Å². The predicted molar refractivity (Wildman–Crippen MR) is 35.2 cm³/mol. The van der Waals surface area contributed by atoms with Gasteiger partial charge < -0.3 is 15.1 Å². The number of aliphatic hydroxyl groups excluding tert-OH is 1. The number of allylic oxidation sites excluding steroid dienone is 1. The fourth-order valence-electron chi connectivity index (χ4n) is 0.506. The molecule has 1 unspecified atom stereocenters. The number of hydrogen-bond acceptors (Lipinski definition) is 4. The average molecular weight is 178 g/mol. The molecule has 0 aromatic heterocycles. The molecule has 0 rings (SSSR count). The van der Waals surface area contributed by atoms with Crippen molar-refractivity contribution in [3.8, 4) is 0 Å². The highest BCUT2D eigenvalue weighted by molar-refractivity contribution is 7.41. The van der Waals surface area contributed by atoms with E-state index in [2.05, 4.69) is 0 Å². The van der Waals surface area contributed by atoms with Crippen LogP contribution in [0.4, 0.5) is 0 Å². The van der Waals surface area contributed by atoms with Crippen molar-refractivity contribution in [1.29, 1.82) is 0 Å². The summed E-state index contributed by atoms with van der Waals surface area (Å²) in [4.78, 5) is 20.3. The van der Waals surface area contributed by atoms with E-state index in [0.29, 0.717) is 0 Å². The molecule has 0 amide bonds. The Bertz CT molecular complexity index is 219. The molecule has 0 heterocycles. The van der Waals surface area contributed by atoms with Gasteiger partial charge in [-0.25, -0.2) is 4.79 Å².